The topological polar surface area (TPSA) is 71.0 Å². The lowest BCUT2D eigenvalue weighted by molar-refractivity contribution is -0.125. The molecule has 6 nitrogen and oxygen atoms in total. The Morgan fingerprint density at radius 2 is 1.74 bits per heavy atom. The number of benzene rings is 2. The molecule has 4 aromatic rings. The van der Waals surface area contributed by atoms with Crippen molar-refractivity contribution in [1.29, 1.82) is 0 Å². The van der Waals surface area contributed by atoms with Crippen LogP contribution in [0.2, 0.25) is 0 Å². The maximum absolute atomic E-state index is 13.1. The zero-order valence-electron chi connectivity index (χ0n) is 18.5. The largest absolute Gasteiger partial charge is 0.355 e. The fraction of sp³-hybridized carbons (Fsp3) is 0.231. The molecule has 1 saturated heterocycles. The molecular weight excluding hydrogens is 449 g/mol. The number of rotatable bonds is 6. The highest BCUT2D eigenvalue weighted by molar-refractivity contribution is 7.13. The summed E-state index contributed by atoms with van der Waals surface area (Å²) in [7, 11) is 0. The smallest absolute Gasteiger partial charge is 0.223 e. The van der Waals surface area contributed by atoms with E-state index in [1.165, 1.54) is 12.1 Å². The van der Waals surface area contributed by atoms with E-state index in [-0.39, 0.29) is 17.6 Å². The van der Waals surface area contributed by atoms with E-state index in [0.717, 1.165) is 53.6 Å². The molecule has 1 fully saturated rings. The fourth-order valence-electron chi connectivity index (χ4n) is 4.06. The zero-order valence-corrected chi connectivity index (χ0v) is 19.3. The number of piperidine rings is 1. The van der Waals surface area contributed by atoms with Gasteiger partial charge in [0, 0.05) is 35.5 Å². The summed E-state index contributed by atoms with van der Waals surface area (Å²) in [5.41, 5.74) is 3.50. The molecule has 1 aliphatic heterocycles. The first-order chi connectivity index (χ1) is 16.7. The van der Waals surface area contributed by atoms with Crippen molar-refractivity contribution in [2.75, 3.05) is 18.0 Å². The Balaban J connectivity index is 1.11. The van der Waals surface area contributed by atoms with Crippen LogP contribution >= 0.6 is 11.3 Å². The summed E-state index contributed by atoms with van der Waals surface area (Å²) in [6, 6.07) is 20.1. The van der Waals surface area contributed by atoms with Crippen molar-refractivity contribution in [3.05, 3.63) is 83.6 Å². The highest BCUT2D eigenvalue weighted by atomic mass is 32.1. The van der Waals surface area contributed by atoms with Gasteiger partial charge in [0.15, 0.2) is 5.82 Å². The van der Waals surface area contributed by atoms with Gasteiger partial charge in [0.2, 0.25) is 5.91 Å². The fourth-order valence-corrected chi connectivity index (χ4v) is 4.89. The Kier molecular flexibility index (Phi) is 6.58. The van der Waals surface area contributed by atoms with E-state index >= 15 is 0 Å². The van der Waals surface area contributed by atoms with Crippen molar-refractivity contribution >= 4 is 23.1 Å². The van der Waals surface area contributed by atoms with E-state index in [1.807, 2.05) is 47.8 Å². The van der Waals surface area contributed by atoms with Crippen LogP contribution in [0.3, 0.4) is 0 Å². The van der Waals surface area contributed by atoms with E-state index < -0.39 is 0 Å². The summed E-state index contributed by atoms with van der Waals surface area (Å²) in [5.74, 6) is 0.575. The number of aromatic nitrogens is 3. The molecule has 2 aromatic heterocycles. The quantitative estimate of drug-likeness (QED) is 0.430. The first kappa shape index (κ1) is 22.2. The second-order valence-corrected chi connectivity index (χ2v) is 9.13. The van der Waals surface area contributed by atoms with Crippen molar-refractivity contribution < 1.29 is 9.18 Å². The minimum Gasteiger partial charge on any atom is -0.355 e. The zero-order chi connectivity index (χ0) is 23.3. The number of nitrogens with one attached hydrogen (secondary N) is 1. The van der Waals surface area contributed by atoms with Crippen molar-refractivity contribution in [3.63, 3.8) is 0 Å². The lowest BCUT2D eigenvalue weighted by Crippen LogP contribution is -2.40. The second-order valence-electron chi connectivity index (χ2n) is 8.27. The van der Waals surface area contributed by atoms with Crippen LogP contribution < -0.4 is 10.2 Å². The maximum Gasteiger partial charge on any atom is 0.223 e. The molecule has 8 heteroatoms. The van der Waals surface area contributed by atoms with E-state index in [2.05, 4.69) is 25.4 Å². The minimum atomic E-state index is -0.274. The number of halogens is 1. The van der Waals surface area contributed by atoms with Gasteiger partial charge in [0.05, 0.1) is 17.9 Å². The number of hydrogen-bond acceptors (Lipinski definition) is 6. The predicted octanol–water partition coefficient (Wildman–Crippen LogP) is 4.94. The van der Waals surface area contributed by atoms with Crippen LogP contribution in [0.15, 0.2) is 72.1 Å². The first-order valence-electron chi connectivity index (χ1n) is 11.3. The summed E-state index contributed by atoms with van der Waals surface area (Å²) >= 11 is 1.59. The van der Waals surface area contributed by atoms with Crippen molar-refractivity contribution in [2.24, 2.45) is 5.92 Å². The molecular formula is C26H24FN5OS. The van der Waals surface area contributed by atoms with E-state index in [4.69, 9.17) is 0 Å². The Labute approximate surface area is 201 Å². The van der Waals surface area contributed by atoms with Gasteiger partial charge in [-0.1, -0.05) is 30.3 Å². The number of carbonyl (C=O) groups is 1. The summed E-state index contributed by atoms with van der Waals surface area (Å²) < 4.78 is 13.1. The van der Waals surface area contributed by atoms with Crippen molar-refractivity contribution in [3.8, 4) is 21.8 Å². The molecule has 0 saturated carbocycles. The molecule has 0 spiro atoms. The van der Waals surface area contributed by atoms with E-state index in [0.29, 0.717) is 12.2 Å². The third-order valence-corrected chi connectivity index (χ3v) is 6.94. The summed E-state index contributed by atoms with van der Waals surface area (Å²) in [4.78, 5) is 19.5. The number of hydrogen-bond donors (Lipinski definition) is 1. The van der Waals surface area contributed by atoms with Crippen LogP contribution in [0.1, 0.15) is 18.5 Å². The normalized spacial score (nSPS) is 14.2. The lowest BCUT2D eigenvalue weighted by Gasteiger charge is -2.31. The Hall–Kier alpha value is -3.65. The third-order valence-electron chi connectivity index (χ3n) is 6.00. The van der Waals surface area contributed by atoms with Crippen LogP contribution in [0.5, 0.6) is 0 Å². The average Bonchev–Trinajstić information content (AvgIpc) is 3.38. The first-order valence-corrected chi connectivity index (χ1v) is 12.2. The predicted molar refractivity (Wildman–Crippen MR) is 132 cm³/mol. The number of nitrogens with zero attached hydrogens (tertiary/aromatic N) is 4. The lowest BCUT2D eigenvalue weighted by atomic mass is 9.96. The van der Waals surface area contributed by atoms with Crippen molar-refractivity contribution in [1.82, 2.24) is 20.5 Å². The highest BCUT2D eigenvalue weighted by Crippen LogP contribution is 2.25. The summed E-state index contributed by atoms with van der Waals surface area (Å²) in [5, 5.41) is 14.7. The molecule has 172 valence electrons. The molecule has 1 N–H and O–H groups in total. The van der Waals surface area contributed by atoms with Gasteiger partial charge in [0.25, 0.3) is 0 Å². The van der Waals surface area contributed by atoms with Gasteiger partial charge in [-0.05, 0) is 49.2 Å². The Bertz CT molecular complexity index is 1240. The van der Waals surface area contributed by atoms with Gasteiger partial charge in [-0.25, -0.2) is 9.37 Å². The summed E-state index contributed by atoms with van der Waals surface area (Å²) in [6.07, 6.45) is 1.53. The van der Waals surface area contributed by atoms with Gasteiger partial charge in [0.1, 0.15) is 10.8 Å². The highest BCUT2D eigenvalue weighted by Gasteiger charge is 2.25. The molecule has 1 amide bonds. The average molecular weight is 474 g/mol. The number of anilines is 1. The van der Waals surface area contributed by atoms with E-state index in [1.54, 1.807) is 23.5 Å². The van der Waals surface area contributed by atoms with Gasteiger partial charge >= 0.3 is 0 Å². The molecule has 3 heterocycles. The molecule has 0 unspecified atom stereocenters. The third kappa shape index (κ3) is 5.12. The summed E-state index contributed by atoms with van der Waals surface area (Å²) in [6.45, 7) is 1.94. The number of thiazole rings is 1. The van der Waals surface area contributed by atoms with Crippen LogP contribution in [0, 0.1) is 11.7 Å². The minimum absolute atomic E-state index is 0.0186. The van der Waals surface area contributed by atoms with Crippen LogP contribution in [-0.2, 0) is 11.3 Å². The number of amides is 1. The van der Waals surface area contributed by atoms with Gasteiger partial charge in [-0.15, -0.1) is 21.5 Å². The molecule has 1 aliphatic rings. The molecule has 0 radical (unpaired) electrons. The van der Waals surface area contributed by atoms with E-state index in [9.17, 15) is 9.18 Å². The van der Waals surface area contributed by atoms with Gasteiger partial charge in [-0.2, -0.15) is 0 Å². The van der Waals surface area contributed by atoms with Crippen LogP contribution in [0.4, 0.5) is 10.2 Å². The second kappa shape index (κ2) is 10.1. The maximum atomic E-state index is 13.1. The molecule has 0 bridgehead atoms. The molecule has 0 aliphatic carbocycles. The number of carbonyl (C=O) groups excluding carboxylic acids is 1. The Morgan fingerprint density at radius 1 is 0.971 bits per heavy atom. The molecule has 2 aromatic carbocycles. The SMILES string of the molecule is O=C(NCc1csc(-c2ccccc2)n1)C1CCN(c2ccc(-c3ccc(F)cc3)nn2)CC1. The van der Waals surface area contributed by atoms with Gasteiger partial charge < -0.3 is 10.2 Å². The van der Waals surface area contributed by atoms with Crippen LogP contribution in [0.25, 0.3) is 21.8 Å². The van der Waals surface area contributed by atoms with Crippen molar-refractivity contribution in [2.45, 2.75) is 19.4 Å². The molecule has 34 heavy (non-hydrogen) atoms. The van der Waals surface area contributed by atoms with Gasteiger partial charge in [-0.3, -0.25) is 4.79 Å². The molecule has 0 atom stereocenters. The standard InChI is InChI=1S/C26H24FN5OS/c27-21-8-6-18(7-9-21)23-10-11-24(31-30-23)32-14-12-19(13-15-32)25(33)28-16-22-17-34-26(29-22)20-4-2-1-3-5-20/h1-11,17,19H,12-16H2,(H,28,33). The molecule has 5 rings (SSSR count). The van der Waals surface area contributed by atoms with Crippen LogP contribution in [-0.4, -0.2) is 34.2 Å². The Morgan fingerprint density at radius 3 is 2.44 bits per heavy atom. The monoisotopic (exact) mass is 473 g/mol.